The Morgan fingerprint density at radius 3 is 1.09 bits per heavy atom. The van der Waals surface area contributed by atoms with Crippen LogP contribution in [0.4, 0.5) is 0 Å². The van der Waals surface area contributed by atoms with E-state index < -0.39 is 0 Å². The minimum absolute atomic E-state index is 1.20. The van der Waals surface area contributed by atoms with Gasteiger partial charge in [0, 0.05) is 63.3 Å². The second-order valence-corrected chi connectivity index (χ2v) is 22.1. The Hall–Kier alpha value is -10.1. The molecule has 0 saturated heterocycles. The first-order valence-electron chi connectivity index (χ1n) is 27.2. The van der Waals surface area contributed by atoms with Crippen LogP contribution in [0.25, 0.3) is 163 Å². The quantitative estimate of drug-likeness (QED) is 0.147. The number of hydrogen-bond donors (Lipinski definition) is 0. The van der Waals surface area contributed by atoms with Gasteiger partial charge in [-0.05, 0) is 115 Å². The molecule has 2 nitrogen and oxygen atoms in total. The first-order valence-corrected chi connectivity index (χ1v) is 28.1. The van der Waals surface area contributed by atoms with Gasteiger partial charge in [0.15, 0.2) is 0 Å². The van der Waals surface area contributed by atoms with E-state index in [0.29, 0.717) is 0 Å². The fourth-order valence-corrected chi connectivity index (χ4v) is 14.7. The summed E-state index contributed by atoms with van der Waals surface area (Å²) < 4.78 is 7.61. The van der Waals surface area contributed by atoms with Crippen molar-refractivity contribution >= 4 is 118 Å². The number of para-hydroxylation sites is 2. The van der Waals surface area contributed by atoms with Crippen LogP contribution in [0.5, 0.6) is 0 Å². The predicted molar refractivity (Wildman–Crippen MR) is 340 cm³/mol. The fourth-order valence-electron chi connectivity index (χ4n) is 13.5. The lowest BCUT2D eigenvalue weighted by atomic mass is 9.88. The third kappa shape index (κ3) is 6.51. The third-order valence-electron chi connectivity index (χ3n) is 16.9. The summed E-state index contributed by atoms with van der Waals surface area (Å²) in [5.41, 5.74) is 17.1. The Labute approximate surface area is 459 Å². The Balaban J connectivity index is 0.865. The Kier molecular flexibility index (Phi) is 9.62. The minimum Gasteiger partial charge on any atom is -0.308 e. The molecule has 0 aliphatic rings. The number of nitrogens with zero attached hydrogens (tertiary/aromatic N) is 2. The first kappa shape index (κ1) is 44.1. The average molecular weight is 1020 g/mol. The van der Waals surface area contributed by atoms with Crippen molar-refractivity contribution in [3.63, 3.8) is 0 Å². The van der Waals surface area contributed by atoms with E-state index in [1.807, 2.05) is 11.3 Å². The first-order chi connectivity index (χ1) is 39.2. The molecule has 14 aromatic carbocycles. The molecule has 0 fully saturated rings. The van der Waals surface area contributed by atoms with E-state index in [1.165, 1.54) is 163 Å². The lowest BCUT2D eigenvalue weighted by Crippen LogP contribution is -1.99. The molecule has 0 aliphatic carbocycles. The SMILES string of the molecule is c1ccc(-c2ccc3c(c2)c2ccccc2n3-c2c3ccccc3c(-c3ccc4c(c3)sc3cccc(-c5c6ccccc6c(-n6c7ccccc7c7cc(-c8ccccc8)ccc76)c6ccccc56)c34)c3ccccc23)cc1. The van der Waals surface area contributed by atoms with Crippen molar-refractivity contribution in [1.82, 2.24) is 9.13 Å². The van der Waals surface area contributed by atoms with Crippen LogP contribution in [0.2, 0.25) is 0 Å². The van der Waals surface area contributed by atoms with Gasteiger partial charge in [-0.2, -0.15) is 0 Å². The molecule has 0 bridgehead atoms. The lowest BCUT2D eigenvalue weighted by molar-refractivity contribution is 1.21. The smallest absolute Gasteiger partial charge is 0.0619 e. The van der Waals surface area contributed by atoms with E-state index in [2.05, 4.69) is 288 Å². The van der Waals surface area contributed by atoms with Crippen LogP contribution in [0.1, 0.15) is 0 Å². The summed E-state index contributed by atoms with van der Waals surface area (Å²) in [7, 11) is 0. The van der Waals surface area contributed by atoms with Gasteiger partial charge in [-0.15, -0.1) is 11.3 Å². The third-order valence-corrected chi connectivity index (χ3v) is 18.0. The highest BCUT2D eigenvalue weighted by molar-refractivity contribution is 7.26. The number of benzene rings is 14. The van der Waals surface area contributed by atoms with Crippen LogP contribution in [0, 0.1) is 0 Å². The predicted octanol–water partition coefficient (Wildman–Crippen LogP) is 21.5. The summed E-state index contributed by atoms with van der Waals surface area (Å²) in [4.78, 5) is 0. The van der Waals surface area contributed by atoms with E-state index in [-0.39, 0.29) is 0 Å². The molecule has 3 heteroatoms. The molecule has 0 radical (unpaired) electrons. The molecule has 0 saturated carbocycles. The van der Waals surface area contributed by atoms with E-state index >= 15 is 0 Å². The molecule has 0 atom stereocenters. The van der Waals surface area contributed by atoms with Gasteiger partial charge in [-0.3, -0.25) is 0 Å². The van der Waals surface area contributed by atoms with Crippen molar-refractivity contribution in [1.29, 1.82) is 0 Å². The van der Waals surface area contributed by atoms with Crippen LogP contribution in [0.3, 0.4) is 0 Å². The molecule has 17 aromatic rings. The van der Waals surface area contributed by atoms with Crippen LogP contribution in [-0.4, -0.2) is 9.13 Å². The zero-order chi connectivity index (χ0) is 51.7. The molecule has 3 aromatic heterocycles. The molecule has 0 amide bonds. The van der Waals surface area contributed by atoms with Crippen LogP contribution in [0.15, 0.2) is 279 Å². The Morgan fingerprint density at radius 2 is 0.608 bits per heavy atom. The maximum Gasteiger partial charge on any atom is 0.0619 e. The number of thiophene rings is 1. The summed E-state index contributed by atoms with van der Waals surface area (Å²) >= 11 is 1.90. The zero-order valence-electron chi connectivity index (χ0n) is 42.9. The minimum atomic E-state index is 1.20. The van der Waals surface area contributed by atoms with E-state index in [9.17, 15) is 0 Å². The topological polar surface area (TPSA) is 9.86 Å². The highest BCUT2D eigenvalue weighted by Crippen LogP contribution is 2.50. The standard InChI is InChI=1S/C76H46N2S/c1-3-20-47(21-4-1)49-39-42-68-64(44-49)52-24-15-17-35-66(52)77(68)75-58-30-11-7-26-54(58)72(55-27-8-12-31-59(55)75)51-38-41-62-71(46-51)79-70-37-19-34-63(74(62)70)73-56-28-9-13-32-60(56)76(61-33-14-10-29-57(61)73)78-67-36-18-16-25-53(67)65-45-50(40-43-69(65)78)48-22-5-2-6-23-48/h1-46H. The summed E-state index contributed by atoms with van der Waals surface area (Å²) in [6.07, 6.45) is 0. The lowest BCUT2D eigenvalue weighted by Gasteiger charge is -2.20. The molecule has 0 N–H and O–H groups in total. The molecule has 79 heavy (non-hydrogen) atoms. The van der Waals surface area contributed by atoms with Crippen molar-refractivity contribution in [3.05, 3.63) is 279 Å². The van der Waals surface area contributed by atoms with Crippen molar-refractivity contribution in [2.75, 3.05) is 0 Å². The van der Waals surface area contributed by atoms with Gasteiger partial charge in [0.25, 0.3) is 0 Å². The van der Waals surface area contributed by atoms with E-state index in [0.717, 1.165) is 0 Å². The molecule has 17 rings (SSSR count). The molecule has 0 aliphatic heterocycles. The summed E-state index contributed by atoms with van der Waals surface area (Å²) in [6, 6.07) is 104. The van der Waals surface area contributed by atoms with Gasteiger partial charge in [0.05, 0.1) is 33.4 Å². The van der Waals surface area contributed by atoms with Gasteiger partial charge in [0.1, 0.15) is 0 Å². The van der Waals surface area contributed by atoms with E-state index in [4.69, 9.17) is 0 Å². The van der Waals surface area contributed by atoms with Crippen molar-refractivity contribution < 1.29 is 0 Å². The van der Waals surface area contributed by atoms with Crippen LogP contribution < -0.4 is 0 Å². The molecule has 366 valence electrons. The van der Waals surface area contributed by atoms with Crippen LogP contribution >= 0.6 is 11.3 Å². The summed E-state index contributed by atoms with van der Waals surface area (Å²) in [6.45, 7) is 0. The summed E-state index contributed by atoms with van der Waals surface area (Å²) in [5, 5.41) is 17.4. The van der Waals surface area contributed by atoms with Gasteiger partial charge >= 0.3 is 0 Å². The summed E-state index contributed by atoms with van der Waals surface area (Å²) in [5.74, 6) is 0. The maximum atomic E-state index is 2.53. The number of hydrogen-bond acceptors (Lipinski definition) is 1. The Bertz CT molecular complexity index is 5250. The molecular weight excluding hydrogens is 973 g/mol. The van der Waals surface area contributed by atoms with Gasteiger partial charge in [0.2, 0.25) is 0 Å². The van der Waals surface area contributed by atoms with Gasteiger partial charge in [-0.1, -0.05) is 231 Å². The monoisotopic (exact) mass is 1020 g/mol. The maximum absolute atomic E-state index is 2.53. The molecular formula is C76H46N2S. The van der Waals surface area contributed by atoms with Crippen molar-refractivity contribution in [2.24, 2.45) is 0 Å². The zero-order valence-corrected chi connectivity index (χ0v) is 43.7. The number of rotatable bonds is 6. The largest absolute Gasteiger partial charge is 0.308 e. The highest BCUT2D eigenvalue weighted by Gasteiger charge is 2.25. The van der Waals surface area contributed by atoms with Gasteiger partial charge < -0.3 is 9.13 Å². The Morgan fingerprint density at radius 1 is 0.215 bits per heavy atom. The second kappa shape index (κ2) is 17.2. The second-order valence-electron chi connectivity index (χ2n) is 21.0. The molecule has 0 spiro atoms. The number of aromatic nitrogens is 2. The molecule has 3 heterocycles. The average Bonchev–Trinajstić information content (AvgIpc) is 4.34. The van der Waals surface area contributed by atoms with Gasteiger partial charge in [-0.25, -0.2) is 0 Å². The molecule has 0 unspecified atom stereocenters. The normalized spacial score (nSPS) is 12.1. The number of fused-ring (bicyclic) bond motifs is 13. The van der Waals surface area contributed by atoms with Crippen molar-refractivity contribution in [2.45, 2.75) is 0 Å². The fraction of sp³-hybridized carbons (Fsp3) is 0. The highest BCUT2D eigenvalue weighted by atomic mass is 32.1. The van der Waals surface area contributed by atoms with E-state index in [1.54, 1.807) is 0 Å². The van der Waals surface area contributed by atoms with Crippen LogP contribution in [-0.2, 0) is 0 Å². The van der Waals surface area contributed by atoms with Crippen molar-refractivity contribution in [3.8, 4) is 55.9 Å².